The van der Waals surface area contributed by atoms with Crippen molar-refractivity contribution in [2.75, 3.05) is 13.8 Å². The molecule has 156 valence electrons. The van der Waals surface area contributed by atoms with Crippen molar-refractivity contribution < 1.29 is 19.1 Å². The summed E-state index contributed by atoms with van der Waals surface area (Å²) in [5.74, 6) is 1.48. The topological polar surface area (TPSA) is 77.5 Å². The summed E-state index contributed by atoms with van der Waals surface area (Å²) in [4.78, 5) is 29.5. The van der Waals surface area contributed by atoms with E-state index in [2.05, 4.69) is 10.3 Å². The van der Waals surface area contributed by atoms with E-state index in [-0.39, 0.29) is 24.9 Å². The third-order valence-electron chi connectivity index (χ3n) is 6.06. The molecule has 0 bridgehead atoms. The second-order valence-corrected chi connectivity index (χ2v) is 7.95. The Labute approximate surface area is 180 Å². The van der Waals surface area contributed by atoms with Crippen molar-refractivity contribution in [1.29, 1.82) is 0 Å². The van der Waals surface area contributed by atoms with Gasteiger partial charge in [-0.2, -0.15) is 0 Å². The Morgan fingerprint density at radius 1 is 1.00 bits per heavy atom. The van der Waals surface area contributed by atoms with Gasteiger partial charge in [0.2, 0.25) is 6.79 Å². The molecule has 0 unspecified atom stereocenters. The molecule has 1 aliphatic heterocycles. The summed E-state index contributed by atoms with van der Waals surface area (Å²) in [6.45, 7) is 0.224. The maximum atomic E-state index is 13.1. The minimum absolute atomic E-state index is 0.129. The number of aromatic nitrogens is 1. The SMILES string of the molecule is CNC(=O)c1cccc(-c2ccc(CC(=O)C3(c4ccc5c(c4)OCO5)CC3)nc2)c1. The van der Waals surface area contributed by atoms with Crippen molar-refractivity contribution in [1.82, 2.24) is 10.3 Å². The van der Waals surface area contributed by atoms with Crippen molar-refractivity contribution >= 4 is 11.7 Å². The van der Waals surface area contributed by atoms with Gasteiger partial charge in [-0.25, -0.2) is 0 Å². The summed E-state index contributed by atoms with van der Waals surface area (Å²) < 4.78 is 10.9. The molecule has 1 aliphatic carbocycles. The van der Waals surface area contributed by atoms with Crippen LogP contribution >= 0.6 is 0 Å². The Bertz CT molecular complexity index is 1170. The fraction of sp³-hybridized carbons (Fsp3) is 0.240. The lowest BCUT2D eigenvalue weighted by Gasteiger charge is -2.15. The van der Waals surface area contributed by atoms with Crippen LogP contribution in [0.25, 0.3) is 11.1 Å². The molecule has 2 aliphatic rings. The van der Waals surface area contributed by atoms with Gasteiger partial charge in [0.25, 0.3) is 5.91 Å². The molecule has 6 heteroatoms. The van der Waals surface area contributed by atoms with Gasteiger partial charge in [-0.3, -0.25) is 14.6 Å². The van der Waals surface area contributed by atoms with E-state index < -0.39 is 5.41 Å². The van der Waals surface area contributed by atoms with Crippen LogP contribution < -0.4 is 14.8 Å². The van der Waals surface area contributed by atoms with Crippen LogP contribution in [0, 0.1) is 0 Å². The largest absolute Gasteiger partial charge is 0.454 e. The number of rotatable bonds is 6. The molecule has 0 radical (unpaired) electrons. The maximum Gasteiger partial charge on any atom is 0.251 e. The van der Waals surface area contributed by atoms with Crippen molar-refractivity contribution in [2.24, 2.45) is 0 Å². The van der Waals surface area contributed by atoms with Gasteiger partial charge in [-0.1, -0.05) is 24.3 Å². The standard InChI is InChI=1S/C25H22N2O4/c1-26-24(29)17-4-2-3-16(11-17)18-5-7-20(27-14-18)13-23(28)25(9-10-25)19-6-8-21-22(12-19)31-15-30-21/h2-8,11-12,14H,9-10,13,15H2,1H3,(H,26,29). The van der Waals surface area contributed by atoms with Gasteiger partial charge >= 0.3 is 0 Å². The number of ether oxygens (including phenoxy) is 2. The van der Waals surface area contributed by atoms with Crippen molar-refractivity contribution in [3.63, 3.8) is 0 Å². The lowest BCUT2D eigenvalue weighted by atomic mass is 9.88. The van der Waals surface area contributed by atoms with Crippen LogP contribution in [-0.2, 0) is 16.6 Å². The molecule has 1 saturated carbocycles. The summed E-state index contributed by atoms with van der Waals surface area (Å²) in [5.41, 5.74) is 3.69. The van der Waals surface area contributed by atoms with E-state index in [0.717, 1.165) is 41.0 Å². The number of hydrogen-bond acceptors (Lipinski definition) is 5. The van der Waals surface area contributed by atoms with Crippen molar-refractivity contribution in [3.8, 4) is 22.6 Å². The van der Waals surface area contributed by atoms with Gasteiger partial charge in [0.1, 0.15) is 5.78 Å². The average molecular weight is 414 g/mol. The Kier molecular flexibility index (Phi) is 4.70. The number of ketones is 1. The number of hydrogen-bond donors (Lipinski definition) is 1. The first kappa shape index (κ1) is 19.3. The summed E-state index contributed by atoms with van der Waals surface area (Å²) >= 11 is 0. The number of Topliss-reactive ketones (excluding diaryl/α,β-unsaturated/α-hetero) is 1. The lowest BCUT2D eigenvalue weighted by Crippen LogP contribution is -2.22. The summed E-state index contributed by atoms with van der Waals surface area (Å²) in [7, 11) is 1.61. The first-order valence-electron chi connectivity index (χ1n) is 10.3. The first-order valence-corrected chi connectivity index (χ1v) is 10.3. The molecule has 1 N–H and O–H groups in total. The Balaban J connectivity index is 1.32. The van der Waals surface area contributed by atoms with Gasteiger partial charge in [0.15, 0.2) is 11.5 Å². The number of pyridine rings is 1. The molecule has 31 heavy (non-hydrogen) atoms. The molecule has 3 aromatic rings. The van der Waals surface area contributed by atoms with Crippen LogP contribution in [-0.4, -0.2) is 30.5 Å². The summed E-state index contributed by atoms with van der Waals surface area (Å²) in [6.07, 6.45) is 3.73. The van der Waals surface area contributed by atoms with Crippen LogP contribution in [0.3, 0.4) is 0 Å². The smallest absolute Gasteiger partial charge is 0.251 e. The van der Waals surface area contributed by atoms with Crippen molar-refractivity contribution in [2.45, 2.75) is 24.7 Å². The predicted molar refractivity (Wildman–Crippen MR) is 115 cm³/mol. The number of amides is 1. The number of carbonyl (C=O) groups excluding carboxylic acids is 2. The molecule has 1 aromatic heterocycles. The highest BCUT2D eigenvalue weighted by Crippen LogP contribution is 2.51. The monoisotopic (exact) mass is 414 g/mol. The molecule has 1 fully saturated rings. The minimum atomic E-state index is -0.441. The summed E-state index contributed by atoms with van der Waals surface area (Å²) in [6, 6.07) is 17.0. The molecular formula is C25H22N2O4. The van der Waals surface area contributed by atoms with Crippen LogP contribution in [0.15, 0.2) is 60.8 Å². The van der Waals surface area contributed by atoms with Gasteiger partial charge in [-0.15, -0.1) is 0 Å². The van der Waals surface area contributed by atoms with Crippen LogP contribution in [0.1, 0.15) is 34.5 Å². The number of carbonyl (C=O) groups is 2. The third-order valence-corrected chi connectivity index (χ3v) is 6.06. The molecule has 2 aromatic carbocycles. The van der Waals surface area contributed by atoms with Crippen LogP contribution in [0.4, 0.5) is 0 Å². The fourth-order valence-corrected chi connectivity index (χ4v) is 4.07. The Morgan fingerprint density at radius 3 is 2.58 bits per heavy atom. The van der Waals surface area contributed by atoms with Gasteiger partial charge < -0.3 is 14.8 Å². The molecule has 5 rings (SSSR count). The zero-order chi connectivity index (χ0) is 21.4. The van der Waals surface area contributed by atoms with Crippen molar-refractivity contribution in [3.05, 3.63) is 77.6 Å². The quantitative estimate of drug-likeness (QED) is 0.666. The number of nitrogens with one attached hydrogen (secondary N) is 1. The minimum Gasteiger partial charge on any atom is -0.454 e. The van der Waals surface area contributed by atoms with E-state index in [0.29, 0.717) is 11.3 Å². The maximum absolute atomic E-state index is 13.1. The van der Waals surface area contributed by atoms with E-state index in [1.54, 1.807) is 19.3 Å². The van der Waals surface area contributed by atoms with Gasteiger partial charge in [0, 0.05) is 36.5 Å². The van der Waals surface area contributed by atoms with Crippen LogP contribution in [0.5, 0.6) is 11.5 Å². The van der Waals surface area contributed by atoms with E-state index in [4.69, 9.17) is 9.47 Å². The van der Waals surface area contributed by atoms with E-state index in [1.807, 2.05) is 48.5 Å². The molecule has 0 atom stereocenters. The Hall–Kier alpha value is -3.67. The normalized spacial score (nSPS) is 15.4. The number of nitrogens with zero attached hydrogens (tertiary/aromatic N) is 1. The zero-order valence-electron chi connectivity index (χ0n) is 17.2. The molecule has 1 amide bonds. The zero-order valence-corrected chi connectivity index (χ0v) is 17.2. The highest BCUT2D eigenvalue weighted by Gasteiger charge is 2.50. The average Bonchev–Trinajstić information content (AvgIpc) is 3.50. The first-order chi connectivity index (χ1) is 15.1. The third kappa shape index (κ3) is 3.54. The molecule has 6 nitrogen and oxygen atoms in total. The lowest BCUT2D eigenvalue weighted by molar-refractivity contribution is -0.120. The fourth-order valence-electron chi connectivity index (χ4n) is 4.07. The molecule has 0 saturated heterocycles. The number of fused-ring (bicyclic) bond motifs is 1. The van der Waals surface area contributed by atoms with E-state index in [1.165, 1.54) is 0 Å². The second-order valence-electron chi connectivity index (χ2n) is 7.95. The molecular weight excluding hydrogens is 392 g/mol. The van der Waals surface area contributed by atoms with Crippen LogP contribution in [0.2, 0.25) is 0 Å². The molecule has 2 heterocycles. The highest BCUT2D eigenvalue weighted by atomic mass is 16.7. The summed E-state index contributed by atoms with van der Waals surface area (Å²) in [5, 5.41) is 2.63. The second kappa shape index (κ2) is 7.54. The number of benzene rings is 2. The highest BCUT2D eigenvalue weighted by molar-refractivity contribution is 5.95. The Morgan fingerprint density at radius 2 is 1.84 bits per heavy atom. The molecule has 0 spiro atoms. The van der Waals surface area contributed by atoms with Gasteiger partial charge in [-0.05, 0) is 54.3 Å². The van der Waals surface area contributed by atoms with E-state index in [9.17, 15) is 9.59 Å². The van der Waals surface area contributed by atoms with Gasteiger partial charge in [0.05, 0.1) is 5.41 Å². The van der Waals surface area contributed by atoms with E-state index >= 15 is 0 Å². The predicted octanol–water partition coefficient (Wildman–Crippen LogP) is 3.68.